The molecule has 0 aliphatic carbocycles. The Morgan fingerprint density at radius 1 is 1.42 bits per heavy atom. The first-order valence-corrected chi connectivity index (χ1v) is 7.35. The summed E-state index contributed by atoms with van der Waals surface area (Å²) in [5.41, 5.74) is 6.63. The van der Waals surface area contributed by atoms with Crippen LogP contribution >= 0.6 is 27.3 Å². The first-order valence-electron chi connectivity index (χ1n) is 5.74. The quantitative estimate of drug-likeness (QED) is 0.905. The predicted octanol–water partition coefficient (Wildman–Crippen LogP) is 3.26. The fourth-order valence-electron chi connectivity index (χ4n) is 1.65. The molecule has 6 heteroatoms. The lowest BCUT2D eigenvalue weighted by Crippen LogP contribution is -2.01. The van der Waals surface area contributed by atoms with E-state index in [0.717, 1.165) is 19.9 Å². The van der Waals surface area contributed by atoms with E-state index < -0.39 is 0 Å². The Balaban J connectivity index is 2.19. The number of rotatable bonds is 5. The van der Waals surface area contributed by atoms with Crippen LogP contribution in [0.3, 0.4) is 0 Å². The molecule has 0 saturated carbocycles. The van der Waals surface area contributed by atoms with E-state index in [2.05, 4.69) is 20.9 Å². The minimum absolute atomic E-state index is 0.462. The van der Waals surface area contributed by atoms with Crippen LogP contribution in [0.15, 0.2) is 22.8 Å². The molecule has 0 spiro atoms. The lowest BCUT2D eigenvalue weighted by molar-refractivity contribution is 0.285. The molecule has 4 nitrogen and oxygen atoms in total. The van der Waals surface area contributed by atoms with Gasteiger partial charge < -0.3 is 15.2 Å². The second kappa shape index (κ2) is 6.36. The van der Waals surface area contributed by atoms with Gasteiger partial charge in [-0.2, -0.15) is 0 Å². The minimum Gasteiger partial charge on any atom is -0.493 e. The van der Waals surface area contributed by atoms with Crippen molar-refractivity contribution in [1.82, 2.24) is 4.98 Å². The van der Waals surface area contributed by atoms with Crippen molar-refractivity contribution in [3.63, 3.8) is 0 Å². The van der Waals surface area contributed by atoms with Crippen LogP contribution in [0.2, 0.25) is 0 Å². The van der Waals surface area contributed by atoms with Gasteiger partial charge in [0.25, 0.3) is 0 Å². The van der Waals surface area contributed by atoms with E-state index >= 15 is 0 Å². The van der Waals surface area contributed by atoms with Crippen molar-refractivity contribution in [2.24, 2.45) is 5.73 Å². The van der Waals surface area contributed by atoms with Crippen LogP contribution in [-0.2, 0) is 13.2 Å². The highest BCUT2D eigenvalue weighted by molar-refractivity contribution is 9.10. The van der Waals surface area contributed by atoms with Gasteiger partial charge in [0.15, 0.2) is 11.5 Å². The zero-order chi connectivity index (χ0) is 13.8. The minimum atomic E-state index is 0.462. The molecule has 0 unspecified atom stereocenters. The first kappa shape index (κ1) is 14.3. The maximum absolute atomic E-state index is 5.82. The molecule has 19 heavy (non-hydrogen) atoms. The van der Waals surface area contributed by atoms with E-state index in [1.165, 1.54) is 0 Å². The number of thiazole rings is 1. The second-order valence-corrected chi connectivity index (χ2v) is 6.12. The topological polar surface area (TPSA) is 57.4 Å². The van der Waals surface area contributed by atoms with Crippen molar-refractivity contribution in [1.29, 1.82) is 0 Å². The molecule has 1 aromatic heterocycles. The fraction of sp³-hybridized carbons (Fsp3) is 0.308. The van der Waals surface area contributed by atoms with Gasteiger partial charge in [-0.1, -0.05) is 0 Å². The summed E-state index contributed by atoms with van der Waals surface area (Å²) in [5.74, 6) is 1.36. The Kier molecular flexibility index (Phi) is 4.79. The third-order valence-corrected chi connectivity index (χ3v) is 4.03. The van der Waals surface area contributed by atoms with E-state index in [0.29, 0.717) is 24.7 Å². The van der Waals surface area contributed by atoms with Gasteiger partial charge >= 0.3 is 0 Å². The number of methoxy groups -OCH3 is 1. The lowest BCUT2D eigenvalue weighted by Gasteiger charge is -2.13. The summed E-state index contributed by atoms with van der Waals surface area (Å²) in [5, 5.41) is 1.03. The third kappa shape index (κ3) is 3.46. The maximum Gasteiger partial charge on any atom is 0.175 e. The van der Waals surface area contributed by atoms with Gasteiger partial charge in [-0.05, 0) is 40.5 Å². The van der Waals surface area contributed by atoms with Gasteiger partial charge in [0.1, 0.15) is 6.61 Å². The molecule has 0 fully saturated rings. The van der Waals surface area contributed by atoms with Crippen LogP contribution in [0.5, 0.6) is 11.5 Å². The standard InChI is InChI=1S/C13H15BrN2O2S/c1-8-16-6-10(19-8)7-18-13-11(14)3-9(5-15)4-12(13)17-2/h3-4,6H,5,7,15H2,1-2H3. The summed E-state index contributed by atoms with van der Waals surface area (Å²) in [6.45, 7) is 2.91. The highest BCUT2D eigenvalue weighted by atomic mass is 79.9. The Morgan fingerprint density at radius 2 is 2.21 bits per heavy atom. The van der Waals surface area contributed by atoms with Gasteiger partial charge in [-0.25, -0.2) is 4.98 Å². The number of hydrogen-bond acceptors (Lipinski definition) is 5. The Bertz CT molecular complexity index is 572. The SMILES string of the molecule is COc1cc(CN)cc(Br)c1OCc1cnc(C)s1. The molecule has 0 aliphatic heterocycles. The zero-order valence-electron chi connectivity index (χ0n) is 10.8. The van der Waals surface area contributed by atoms with Crippen molar-refractivity contribution in [3.05, 3.63) is 38.3 Å². The Morgan fingerprint density at radius 3 is 2.79 bits per heavy atom. The van der Waals surface area contributed by atoms with E-state index in [9.17, 15) is 0 Å². The molecule has 102 valence electrons. The average molecular weight is 343 g/mol. The highest BCUT2D eigenvalue weighted by Crippen LogP contribution is 2.37. The lowest BCUT2D eigenvalue weighted by atomic mass is 10.2. The summed E-state index contributed by atoms with van der Waals surface area (Å²) in [4.78, 5) is 5.28. The summed E-state index contributed by atoms with van der Waals surface area (Å²) in [7, 11) is 1.62. The highest BCUT2D eigenvalue weighted by Gasteiger charge is 2.12. The van der Waals surface area contributed by atoms with E-state index in [1.807, 2.05) is 25.3 Å². The maximum atomic E-state index is 5.82. The molecule has 2 rings (SSSR count). The summed E-state index contributed by atoms with van der Waals surface area (Å²) >= 11 is 5.11. The van der Waals surface area contributed by atoms with Crippen LogP contribution < -0.4 is 15.2 Å². The summed E-state index contributed by atoms with van der Waals surface area (Å²) in [6, 6.07) is 3.83. The number of nitrogens with two attached hydrogens (primary N) is 1. The normalized spacial score (nSPS) is 10.5. The van der Waals surface area contributed by atoms with E-state index in [4.69, 9.17) is 15.2 Å². The number of hydrogen-bond donors (Lipinski definition) is 1. The summed E-state index contributed by atoms with van der Waals surface area (Å²) in [6.07, 6.45) is 1.83. The molecule has 2 N–H and O–H groups in total. The zero-order valence-corrected chi connectivity index (χ0v) is 13.2. The molecule has 0 amide bonds. The van der Waals surface area contributed by atoms with Gasteiger partial charge in [0, 0.05) is 12.7 Å². The number of aromatic nitrogens is 1. The molecule has 0 atom stereocenters. The van der Waals surface area contributed by atoms with Gasteiger partial charge in [0.05, 0.1) is 21.5 Å². The molecule has 1 aromatic carbocycles. The second-order valence-electron chi connectivity index (χ2n) is 3.95. The molecular weight excluding hydrogens is 328 g/mol. The number of benzene rings is 1. The van der Waals surface area contributed by atoms with Gasteiger partial charge in [0.2, 0.25) is 0 Å². The average Bonchev–Trinajstić information content (AvgIpc) is 2.82. The van der Waals surface area contributed by atoms with Crippen LogP contribution in [-0.4, -0.2) is 12.1 Å². The smallest absolute Gasteiger partial charge is 0.175 e. The van der Waals surface area contributed by atoms with Gasteiger partial charge in [-0.3, -0.25) is 0 Å². The number of halogens is 1. The molecular formula is C13H15BrN2O2S. The molecule has 1 heterocycles. The van der Waals surface area contributed by atoms with E-state index in [-0.39, 0.29) is 0 Å². The van der Waals surface area contributed by atoms with Crippen molar-refractivity contribution in [2.75, 3.05) is 7.11 Å². The van der Waals surface area contributed by atoms with Crippen molar-refractivity contribution >= 4 is 27.3 Å². The van der Waals surface area contributed by atoms with Crippen molar-refractivity contribution in [2.45, 2.75) is 20.1 Å². The Labute approximate surface area is 124 Å². The molecule has 0 radical (unpaired) electrons. The molecule has 2 aromatic rings. The van der Waals surface area contributed by atoms with Crippen molar-refractivity contribution < 1.29 is 9.47 Å². The molecule has 0 saturated heterocycles. The number of aryl methyl sites for hydroxylation is 1. The molecule has 0 aliphatic rings. The summed E-state index contributed by atoms with van der Waals surface area (Å²) < 4.78 is 12.0. The third-order valence-electron chi connectivity index (χ3n) is 2.55. The van der Waals surface area contributed by atoms with E-state index in [1.54, 1.807) is 18.4 Å². The van der Waals surface area contributed by atoms with Crippen LogP contribution in [0.1, 0.15) is 15.4 Å². The number of ether oxygens (including phenoxy) is 2. The fourth-order valence-corrected chi connectivity index (χ4v) is 2.96. The van der Waals surface area contributed by atoms with Crippen molar-refractivity contribution in [3.8, 4) is 11.5 Å². The Hall–Kier alpha value is -1.11. The molecule has 0 bridgehead atoms. The predicted molar refractivity (Wildman–Crippen MR) is 79.8 cm³/mol. The van der Waals surface area contributed by atoms with Crippen LogP contribution in [0, 0.1) is 6.92 Å². The van der Waals surface area contributed by atoms with Crippen LogP contribution in [0.4, 0.5) is 0 Å². The van der Waals surface area contributed by atoms with Crippen LogP contribution in [0.25, 0.3) is 0 Å². The number of nitrogens with zero attached hydrogens (tertiary/aromatic N) is 1. The monoisotopic (exact) mass is 342 g/mol. The first-order chi connectivity index (χ1) is 9.13. The van der Waals surface area contributed by atoms with Gasteiger partial charge in [-0.15, -0.1) is 11.3 Å². The largest absolute Gasteiger partial charge is 0.493 e.